The number of hydrogen-bond acceptors (Lipinski definition) is 5. The first-order chi connectivity index (χ1) is 18.0. The molecule has 8 heteroatoms. The van der Waals surface area contributed by atoms with Gasteiger partial charge in [0.25, 0.3) is 11.8 Å². The molecule has 182 valence electrons. The van der Waals surface area contributed by atoms with Crippen molar-refractivity contribution in [2.45, 2.75) is 6.92 Å². The topological polar surface area (TPSA) is 96.6 Å². The minimum Gasteiger partial charge on any atom is -0.459 e. The molecule has 0 atom stereocenters. The number of carbonyl (C=O) groups is 2. The van der Waals surface area contributed by atoms with E-state index in [1.54, 1.807) is 49.4 Å². The Labute approximate surface area is 217 Å². The van der Waals surface area contributed by atoms with Crippen LogP contribution in [0, 0.1) is 0 Å². The zero-order valence-electron chi connectivity index (χ0n) is 19.7. The van der Waals surface area contributed by atoms with E-state index in [-0.39, 0.29) is 17.6 Å². The fourth-order valence-electron chi connectivity index (χ4n) is 3.79. The number of anilines is 1. The highest BCUT2D eigenvalue weighted by molar-refractivity contribution is 6.30. The molecule has 0 aliphatic carbocycles. The molecule has 0 aliphatic heterocycles. The van der Waals surface area contributed by atoms with Crippen LogP contribution in [0.3, 0.4) is 0 Å². The van der Waals surface area contributed by atoms with Gasteiger partial charge in [-0.05, 0) is 61.0 Å². The summed E-state index contributed by atoms with van der Waals surface area (Å²) < 4.78 is 5.10. The highest BCUT2D eigenvalue weighted by Gasteiger charge is 2.14. The van der Waals surface area contributed by atoms with Crippen molar-refractivity contribution in [3.63, 3.8) is 0 Å². The van der Waals surface area contributed by atoms with Crippen molar-refractivity contribution < 1.29 is 14.0 Å². The predicted molar refractivity (Wildman–Crippen MR) is 145 cm³/mol. The standard InChI is InChI=1S/C29H21ClN4O3/c1-18(19-10-14-22(15-11-19)31-29(36)27-7-4-16-37-27)33-34-28(35)24-17-26(20-8-12-21(30)13-9-20)32-25-6-3-2-5-23(24)25/h2-17H,1H3,(H,31,36)(H,34,35)/b33-18+. The van der Waals surface area contributed by atoms with E-state index in [4.69, 9.17) is 21.0 Å². The number of carbonyl (C=O) groups excluding carboxylic acids is 2. The second kappa shape index (κ2) is 10.5. The van der Waals surface area contributed by atoms with E-state index in [9.17, 15) is 9.59 Å². The van der Waals surface area contributed by atoms with Gasteiger partial charge < -0.3 is 9.73 Å². The fourth-order valence-corrected chi connectivity index (χ4v) is 3.91. The summed E-state index contributed by atoms with van der Waals surface area (Å²) in [6.07, 6.45) is 1.44. The lowest BCUT2D eigenvalue weighted by Gasteiger charge is -2.10. The highest BCUT2D eigenvalue weighted by atomic mass is 35.5. The molecule has 2 N–H and O–H groups in total. The maximum atomic E-state index is 13.2. The van der Waals surface area contributed by atoms with Gasteiger partial charge in [0.2, 0.25) is 0 Å². The molecule has 0 radical (unpaired) electrons. The second-order valence-electron chi connectivity index (χ2n) is 8.23. The summed E-state index contributed by atoms with van der Waals surface area (Å²) in [6, 6.07) is 26.9. The van der Waals surface area contributed by atoms with Crippen molar-refractivity contribution in [2.75, 3.05) is 5.32 Å². The second-order valence-corrected chi connectivity index (χ2v) is 8.66. The van der Waals surface area contributed by atoms with Crippen molar-refractivity contribution in [3.05, 3.63) is 119 Å². The summed E-state index contributed by atoms with van der Waals surface area (Å²) >= 11 is 6.03. The van der Waals surface area contributed by atoms with Crippen molar-refractivity contribution in [2.24, 2.45) is 5.10 Å². The molecular formula is C29H21ClN4O3. The van der Waals surface area contributed by atoms with Crippen LogP contribution in [-0.2, 0) is 0 Å². The van der Waals surface area contributed by atoms with E-state index in [1.807, 2.05) is 48.5 Å². The van der Waals surface area contributed by atoms with Gasteiger partial charge in [-0.1, -0.05) is 54.1 Å². The molecule has 2 aromatic heterocycles. The van der Waals surface area contributed by atoms with E-state index in [1.165, 1.54) is 6.26 Å². The molecule has 0 unspecified atom stereocenters. The van der Waals surface area contributed by atoms with Gasteiger partial charge >= 0.3 is 0 Å². The number of amides is 2. The van der Waals surface area contributed by atoms with E-state index in [0.717, 1.165) is 16.5 Å². The van der Waals surface area contributed by atoms with Crippen molar-refractivity contribution in [1.29, 1.82) is 0 Å². The number of benzene rings is 3. The van der Waals surface area contributed by atoms with E-state index < -0.39 is 0 Å². The van der Waals surface area contributed by atoms with Crippen molar-refractivity contribution in [1.82, 2.24) is 10.4 Å². The Morgan fingerprint density at radius 3 is 2.38 bits per heavy atom. The first-order valence-electron chi connectivity index (χ1n) is 11.4. The molecule has 0 saturated carbocycles. The predicted octanol–water partition coefficient (Wildman–Crippen LogP) is 6.55. The summed E-state index contributed by atoms with van der Waals surface area (Å²) in [5.74, 6) is -0.458. The fraction of sp³-hybridized carbons (Fsp3) is 0.0345. The van der Waals surface area contributed by atoms with Gasteiger partial charge in [0.15, 0.2) is 5.76 Å². The summed E-state index contributed by atoms with van der Waals surface area (Å²) in [6.45, 7) is 1.79. The van der Waals surface area contributed by atoms with E-state index in [2.05, 4.69) is 15.8 Å². The first-order valence-corrected chi connectivity index (χ1v) is 11.8. The molecule has 2 heterocycles. The van der Waals surface area contributed by atoms with E-state index >= 15 is 0 Å². The molecule has 0 aliphatic rings. The minimum atomic E-state index is -0.351. The number of nitrogens with zero attached hydrogens (tertiary/aromatic N) is 2. The van der Waals surface area contributed by atoms with Gasteiger partial charge in [-0.25, -0.2) is 10.4 Å². The normalized spacial score (nSPS) is 11.4. The highest BCUT2D eigenvalue weighted by Crippen LogP contribution is 2.26. The van der Waals surface area contributed by atoms with Crippen LogP contribution in [0.15, 0.2) is 107 Å². The largest absolute Gasteiger partial charge is 0.459 e. The van der Waals surface area contributed by atoms with Crippen LogP contribution in [-0.4, -0.2) is 22.5 Å². The Kier molecular flexibility index (Phi) is 6.78. The zero-order valence-corrected chi connectivity index (χ0v) is 20.5. The van der Waals surface area contributed by atoms with Crippen molar-refractivity contribution in [3.8, 4) is 11.3 Å². The van der Waals surface area contributed by atoms with Crippen LogP contribution in [0.4, 0.5) is 5.69 Å². The Hall–Kier alpha value is -4.75. The number of fused-ring (bicyclic) bond motifs is 1. The molecule has 3 aromatic carbocycles. The summed E-state index contributed by atoms with van der Waals surface area (Å²) in [7, 11) is 0. The Morgan fingerprint density at radius 1 is 0.892 bits per heavy atom. The number of hydrazone groups is 1. The van der Waals surface area contributed by atoms with Crippen LogP contribution < -0.4 is 10.7 Å². The van der Waals surface area contributed by atoms with Crippen LogP contribution in [0.5, 0.6) is 0 Å². The number of hydrogen-bond donors (Lipinski definition) is 2. The summed E-state index contributed by atoms with van der Waals surface area (Å²) in [5.41, 5.74) is 7.34. The number of para-hydroxylation sites is 1. The summed E-state index contributed by atoms with van der Waals surface area (Å²) in [4.78, 5) is 30.1. The number of rotatable bonds is 6. The average Bonchev–Trinajstić information content (AvgIpc) is 3.47. The Balaban J connectivity index is 1.35. The smallest absolute Gasteiger partial charge is 0.291 e. The molecule has 7 nitrogen and oxygen atoms in total. The SMILES string of the molecule is C/C(=N\NC(=O)c1cc(-c2ccc(Cl)cc2)nc2ccccc12)c1ccc(NC(=O)c2ccco2)cc1. The average molecular weight is 509 g/mol. The monoisotopic (exact) mass is 508 g/mol. The van der Waals surface area contributed by atoms with Gasteiger partial charge in [-0.3, -0.25) is 9.59 Å². The van der Waals surface area contributed by atoms with E-state index in [0.29, 0.717) is 33.2 Å². The lowest BCUT2D eigenvalue weighted by molar-refractivity contribution is 0.0955. The van der Waals surface area contributed by atoms with Gasteiger partial charge in [0.05, 0.1) is 28.7 Å². The summed E-state index contributed by atoms with van der Waals surface area (Å²) in [5, 5.41) is 8.41. The quantitative estimate of drug-likeness (QED) is 0.200. The van der Waals surface area contributed by atoms with Gasteiger partial charge in [-0.2, -0.15) is 5.10 Å². The van der Waals surface area contributed by atoms with Crippen LogP contribution in [0.2, 0.25) is 5.02 Å². The van der Waals surface area contributed by atoms with Gasteiger partial charge in [0.1, 0.15) is 0 Å². The van der Waals surface area contributed by atoms with Crippen LogP contribution in [0.25, 0.3) is 22.2 Å². The number of halogens is 1. The molecular weight excluding hydrogens is 488 g/mol. The molecule has 5 rings (SSSR count). The first kappa shape index (κ1) is 24.0. The lowest BCUT2D eigenvalue weighted by atomic mass is 10.0. The third-order valence-corrected chi connectivity index (χ3v) is 5.98. The third-order valence-electron chi connectivity index (χ3n) is 5.73. The maximum Gasteiger partial charge on any atom is 0.291 e. The van der Waals surface area contributed by atoms with Gasteiger partial charge in [0, 0.05) is 21.7 Å². The number of pyridine rings is 1. The third kappa shape index (κ3) is 5.42. The molecule has 0 spiro atoms. The molecule has 0 bridgehead atoms. The number of nitrogens with one attached hydrogen (secondary N) is 2. The minimum absolute atomic E-state index is 0.229. The van der Waals surface area contributed by atoms with Crippen LogP contribution in [0.1, 0.15) is 33.4 Å². The molecule has 5 aromatic rings. The molecule has 0 saturated heterocycles. The Bertz CT molecular complexity index is 1610. The Morgan fingerprint density at radius 2 is 1.65 bits per heavy atom. The van der Waals surface area contributed by atoms with Gasteiger partial charge in [-0.15, -0.1) is 0 Å². The molecule has 0 fully saturated rings. The lowest BCUT2D eigenvalue weighted by Crippen LogP contribution is -2.20. The van der Waals surface area contributed by atoms with Crippen molar-refractivity contribution >= 4 is 45.7 Å². The number of aromatic nitrogens is 1. The molecule has 2 amide bonds. The number of furan rings is 1. The maximum absolute atomic E-state index is 13.2. The van der Waals surface area contributed by atoms with Crippen LogP contribution >= 0.6 is 11.6 Å². The molecule has 37 heavy (non-hydrogen) atoms. The zero-order chi connectivity index (χ0) is 25.8.